The summed E-state index contributed by atoms with van der Waals surface area (Å²) in [5, 5.41) is -0.322. The second kappa shape index (κ2) is 12.1. The Bertz CT molecular complexity index is 1270. The number of carbonyl (C=O) groups excluding carboxylic acids is 2. The highest BCUT2D eigenvalue weighted by Crippen LogP contribution is 2.36. The van der Waals surface area contributed by atoms with Gasteiger partial charge in [-0.2, -0.15) is 0 Å². The lowest BCUT2D eigenvalue weighted by molar-refractivity contribution is -0.123. The molecule has 0 aromatic heterocycles. The number of para-hydroxylation sites is 2. The van der Waals surface area contributed by atoms with Crippen LogP contribution in [0, 0.1) is 7.14 Å². The van der Waals surface area contributed by atoms with Gasteiger partial charge in [-0.1, -0.05) is 42.5 Å². The smallest absolute Gasteiger partial charge is 0.293 e. The van der Waals surface area contributed by atoms with Crippen LogP contribution in [0.5, 0.6) is 17.2 Å². The molecule has 0 unspecified atom stereocenters. The summed E-state index contributed by atoms with van der Waals surface area (Å²) < 4.78 is 19.1. The van der Waals surface area contributed by atoms with Crippen molar-refractivity contribution in [3.8, 4) is 17.2 Å². The molecule has 4 rings (SSSR count). The molecule has 9 heteroatoms. The number of hydrogen-bond donors (Lipinski definition) is 0. The van der Waals surface area contributed by atoms with Crippen LogP contribution in [0.2, 0.25) is 0 Å². The molecular formula is C26H21I2NO5S. The Balaban J connectivity index is 1.48. The van der Waals surface area contributed by atoms with Gasteiger partial charge in [-0.3, -0.25) is 14.5 Å². The predicted octanol–water partition coefficient (Wildman–Crippen LogP) is 6.60. The molecule has 0 saturated carbocycles. The summed E-state index contributed by atoms with van der Waals surface area (Å²) in [5.41, 5.74) is 1.80. The number of benzene rings is 3. The van der Waals surface area contributed by atoms with Gasteiger partial charge in [0.1, 0.15) is 19.0 Å². The second-order valence-electron chi connectivity index (χ2n) is 7.41. The zero-order chi connectivity index (χ0) is 24.8. The second-order valence-corrected chi connectivity index (χ2v) is 10.8. The van der Waals surface area contributed by atoms with Gasteiger partial charge in [0.15, 0.2) is 11.5 Å². The average molecular weight is 713 g/mol. The van der Waals surface area contributed by atoms with Crippen molar-refractivity contribution in [3.05, 3.63) is 89.9 Å². The summed E-state index contributed by atoms with van der Waals surface area (Å²) in [6.07, 6.45) is 1.73. The Morgan fingerprint density at radius 1 is 0.943 bits per heavy atom. The number of thioether (sulfide) groups is 1. The van der Waals surface area contributed by atoms with Crippen molar-refractivity contribution >= 4 is 74.2 Å². The van der Waals surface area contributed by atoms with Crippen molar-refractivity contribution in [2.45, 2.75) is 6.61 Å². The van der Waals surface area contributed by atoms with Crippen molar-refractivity contribution in [3.63, 3.8) is 0 Å². The SMILES string of the molecule is COc1ccccc1OCCN1C(=O)S/C(=C\c2cc(I)cc(I)c2OCc2ccccc2)C1=O. The van der Waals surface area contributed by atoms with E-state index in [1.54, 1.807) is 25.3 Å². The highest BCUT2D eigenvalue weighted by Gasteiger charge is 2.35. The number of halogens is 2. The maximum absolute atomic E-state index is 13.0. The van der Waals surface area contributed by atoms with E-state index in [2.05, 4.69) is 45.2 Å². The van der Waals surface area contributed by atoms with E-state index in [0.29, 0.717) is 28.8 Å². The van der Waals surface area contributed by atoms with E-state index in [9.17, 15) is 9.59 Å². The maximum atomic E-state index is 13.0. The molecule has 180 valence electrons. The molecule has 6 nitrogen and oxygen atoms in total. The molecule has 0 spiro atoms. The first kappa shape index (κ1) is 25.8. The van der Waals surface area contributed by atoms with Crippen LogP contribution in [0.25, 0.3) is 6.08 Å². The normalized spacial score (nSPS) is 14.5. The first-order valence-corrected chi connectivity index (χ1v) is 13.6. The Morgan fingerprint density at radius 3 is 2.40 bits per heavy atom. The molecule has 0 radical (unpaired) electrons. The molecule has 35 heavy (non-hydrogen) atoms. The fourth-order valence-corrected chi connectivity index (χ4v) is 6.29. The lowest BCUT2D eigenvalue weighted by Crippen LogP contribution is -2.32. The number of hydrogen-bond acceptors (Lipinski definition) is 6. The zero-order valence-corrected chi connectivity index (χ0v) is 23.8. The molecule has 2 amide bonds. The molecule has 1 fully saturated rings. The molecule has 0 aliphatic carbocycles. The Hall–Kier alpha value is -2.25. The van der Waals surface area contributed by atoms with Gasteiger partial charge in [-0.05, 0) is 92.8 Å². The van der Waals surface area contributed by atoms with Crippen LogP contribution < -0.4 is 14.2 Å². The Labute approximate surface area is 235 Å². The average Bonchev–Trinajstić information content (AvgIpc) is 3.11. The number of ether oxygens (including phenoxy) is 3. The lowest BCUT2D eigenvalue weighted by Gasteiger charge is -2.15. The monoisotopic (exact) mass is 713 g/mol. The van der Waals surface area contributed by atoms with Gasteiger partial charge < -0.3 is 14.2 Å². The standard InChI is InChI=1S/C26H21I2NO5S/c1-32-21-9-5-6-10-22(21)33-12-11-29-25(30)23(35-26(29)31)14-18-13-19(27)15-20(28)24(18)34-16-17-7-3-2-4-8-17/h2-10,13-15H,11-12,16H2,1H3/b23-14-. The summed E-state index contributed by atoms with van der Waals surface area (Å²) in [4.78, 5) is 27.2. The molecule has 3 aromatic carbocycles. The van der Waals surface area contributed by atoms with Crippen LogP contribution in [0.1, 0.15) is 11.1 Å². The van der Waals surface area contributed by atoms with Gasteiger partial charge in [-0.25, -0.2) is 0 Å². The molecule has 3 aromatic rings. The number of nitrogens with zero attached hydrogens (tertiary/aromatic N) is 1. The van der Waals surface area contributed by atoms with E-state index in [4.69, 9.17) is 14.2 Å². The Morgan fingerprint density at radius 2 is 1.66 bits per heavy atom. The highest BCUT2D eigenvalue weighted by atomic mass is 127. The topological polar surface area (TPSA) is 65.1 Å². The van der Waals surface area contributed by atoms with Gasteiger partial charge in [0, 0.05) is 9.13 Å². The minimum atomic E-state index is -0.341. The van der Waals surface area contributed by atoms with Gasteiger partial charge in [0.05, 0.1) is 22.1 Å². The predicted molar refractivity (Wildman–Crippen MR) is 154 cm³/mol. The van der Waals surface area contributed by atoms with Crippen LogP contribution in [0.15, 0.2) is 71.6 Å². The summed E-state index contributed by atoms with van der Waals surface area (Å²) >= 11 is 5.38. The van der Waals surface area contributed by atoms with Crippen LogP contribution in [0.4, 0.5) is 4.79 Å². The Kier molecular flexibility index (Phi) is 8.95. The number of imide groups is 1. The van der Waals surface area contributed by atoms with Crippen molar-refractivity contribution in [1.82, 2.24) is 4.90 Å². The van der Waals surface area contributed by atoms with Crippen LogP contribution in [-0.4, -0.2) is 36.3 Å². The van der Waals surface area contributed by atoms with Crippen molar-refractivity contribution < 1.29 is 23.8 Å². The third-order valence-corrected chi connectivity index (χ3v) is 7.40. The molecule has 0 atom stereocenters. The molecule has 1 heterocycles. The first-order chi connectivity index (χ1) is 17.0. The van der Waals surface area contributed by atoms with E-state index in [1.165, 1.54) is 4.90 Å². The molecule has 1 aliphatic heterocycles. The molecule has 1 aliphatic rings. The van der Waals surface area contributed by atoms with Gasteiger partial charge >= 0.3 is 0 Å². The number of rotatable bonds is 9. The molecular weight excluding hydrogens is 692 g/mol. The third-order valence-electron chi connectivity index (χ3n) is 5.06. The van der Waals surface area contributed by atoms with E-state index < -0.39 is 0 Å². The van der Waals surface area contributed by atoms with Gasteiger partial charge in [0.2, 0.25) is 0 Å². The molecule has 0 N–H and O–H groups in total. The lowest BCUT2D eigenvalue weighted by atomic mass is 10.1. The maximum Gasteiger partial charge on any atom is 0.293 e. The van der Waals surface area contributed by atoms with E-state index >= 15 is 0 Å². The van der Waals surface area contributed by atoms with E-state index in [-0.39, 0.29) is 24.3 Å². The first-order valence-electron chi connectivity index (χ1n) is 10.6. The summed E-state index contributed by atoms with van der Waals surface area (Å²) in [5.74, 6) is 1.50. The summed E-state index contributed by atoms with van der Waals surface area (Å²) in [6, 6.07) is 21.1. The minimum absolute atomic E-state index is 0.140. The molecule has 1 saturated heterocycles. The summed E-state index contributed by atoms with van der Waals surface area (Å²) in [7, 11) is 1.56. The quantitative estimate of drug-likeness (QED) is 0.184. The fraction of sp³-hybridized carbons (Fsp3) is 0.154. The van der Waals surface area contributed by atoms with E-state index in [1.807, 2.05) is 54.6 Å². The van der Waals surface area contributed by atoms with Gasteiger partial charge in [0.25, 0.3) is 11.1 Å². The highest BCUT2D eigenvalue weighted by molar-refractivity contribution is 14.1. The van der Waals surface area contributed by atoms with Gasteiger partial charge in [-0.15, -0.1) is 0 Å². The van der Waals surface area contributed by atoms with Crippen LogP contribution in [-0.2, 0) is 11.4 Å². The van der Waals surface area contributed by atoms with Crippen molar-refractivity contribution in [1.29, 1.82) is 0 Å². The van der Waals surface area contributed by atoms with Crippen LogP contribution in [0.3, 0.4) is 0 Å². The van der Waals surface area contributed by atoms with Crippen molar-refractivity contribution in [2.24, 2.45) is 0 Å². The van der Waals surface area contributed by atoms with Crippen molar-refractivity contribution in [2.75, 3.05) is 20.3 Å². The summed E-state index contributed by atoms with van der Waals surface area (Å²) in [6.45, 7) is 0.708. The number of methoxy groups -OCH3 is 1. The minimum Gasteiger partial charge on any atom is -0.493 e. The number of amides is 2. The largest absolute Gasteiger partial charge is 0.493 e. The number of carbonyl (C=O) groups is 2. The third kappa shape index (κ3) is 6.50. The van der Waals surface area contributed by atoms with Crippen LogP contribution >= 0.6 is 56.9 Å². The molecule has 0 bridgehead atoms. The fourth-order valence-electron chi connectivity index (χ4n) is 3.39. The van der Waals surface area contributed by atoms with E-state index in [0.717, 1.165) is 30.0 Å². The zero-order valence-electron chi connectivity index (χ0n) is 18.7.